The lowest BCUT2D eigenvalue weighted by molar-refractivity contribution is -0.385. The van der Waals surface area contributed by atoms with Crippen LogP contribution in [0.1, 0.15) is 0 Å². The molecule has 1 aromatic heterocycles. The van der Waals surface area contributed by atoms with E-state index in [1.165, 1.54) is 12.1 Å². The van der Waals surface area contributed by atoms with Crippen molar-refractivity contribution in [1.29, 1.82) is 0 Å². The molecule has 1 heterocycles. The number of nitrogens with one attached hydrogen (secondary N) is 1. The lowest BCUT2D eigenvalue weighted by Crippen LogP contribution is -2.13. The summed E-state index contributed by atoms with van der Waals surface area (Å²) < 4.78 is 29.2. The van der Waals surface area contributed by atoms with Gasteiger partial charge in [0, 0.05) is 18.5 Å². The molecule has 0 atom stereocenters. The number of aromatic nitrogens is 2. The molecule has 2 aromatic carbocycles. The zero-order valence-electron chi connectivity index (χ0n) is 12.8. The molecule has 8 nitrogen and oxygen atoms in total. The second kappa shape index (κ2) is 7.06. The quantitative estimate of drug-likeness (QED) is 0.460. The number of rotatable bonds is 5. The Hall–Kier alpha value is -2.43. The highest BCUT2D eigenvalue weighted by Gasteiger charge is 2.20. The molecule has 0 aliphatic rings. The van der Waals surface area contributed by atoms with Gasteiger partial charge in [-0.25, -0.2) is 13.4 Å². The van der Waals surface area contributed by atoms with E-state index in [-0.39, 0.29) is 20.7 Å². The zero-order valence-corrected chi connectivity index (χ0v) is 16.0. The van der Waals surface area contributed by atoms with Crippen molar-refractivity contribution in [3.8, 4) is 5.69 Å². The number of sulfonamides is 1. The maximum atomic E-state index is 12.5. The van der Waals surface area contributed by atoms with Crippen molar-refractivity contribution in [2.75, 3.05) is 4.72 Å². The second-order valence-corrected chi connectivity index (χ2v) is 8.06. The number of nitrogens with zero attached hydrogens (tertiary/aromatic N) is 3. The van der Waals surface area contributed by atoms with Crippen LogP contribution in [0.3, 0.4) is 0 Å². The predicted molar refractivity (Wildman–Crippen MR) is 100 cm³/mol. The highest BCUT2D eigenvalue weighted by molar-refractivity contribution is 9.10. The van der Waals surface area contributed by atoms with Gasteiger partial charge < -0.3 is 4.57 Å². The molecule has 3 aromatic rings. The number of nitro benzene ring substituents is 1. The van der Waals surface area contributed by atoms with Crippen LogP contribution in [0.5, 0.6) is 0 Å². The number of imidazole rings is 1. The molecule has 0 unspecified atom stereocenters. The summed E-state index contributed by atoms with van der Waals surface area (Å²) in [7, 11) is -3.94. The Morgan fingerprint density at radius 2 is 2.00 bits per heavy atom. The maximum absolute atomic E-state index is 12.5. The average molecular weight is 458 g/mol. The van der Waals surface area contributed by atoms with E-state index in [9.17, 15) is 18.5 Å². The van der Waals surface area contributed by atoms with Crippen molar-refractivity contribution in [3.05, 3.63) is 74.7 Å². The van der Waals surface area contributed by atoms with Crippen molar-refractivity contribution in [3.63, 3.8) is 0 Å². The normalized spacial score (nSPS) is 11.3. The van der Waals surface area contributed by atoms with Crippen LogP contribution >= 0.6 is 27.5 Å². The Labute approximate surface area is 161 Å². The van der Waals surface area contributed by atoms with Crippen molar-refractivity contribution < 1.29 is 13.3 Å². The molecule has 0 radical (unpaired) electrons. The summed E-state index contributed by atoms with van der Waals surface area (Å²) in [6, 6.07) is 8.12. The van der Waals surface area contributed by atoms with E-state index in [1.54, 1.807) is 35.4 Å². The van der Waals surface area contributed by atoms with Crippen LogP contribution in [0, 0.1) is 10.1 Å². The highest BCUT2D eigenvalue weighted by Crippen LogP contribution is 2.29. The van der Waals surface area contributed by atoms with Gasteiger partial charge in [0.25, 0.3) is 15.7 Å². The van der Waals surface area contributed by atoms with Crippen LogP contribution in [-0.2, 0) is 10.0 Å². The fourth-order valence-electron chi connectivity index (χ4n) is 2.20. The van der Waals surface area contributed by atoms with E-state index in [0.29, 0.717) is 10.7 Å². The van der Waals surface area contributed by atoms with Gasteiger partial charge in [0.15, 0.2) is 0 Å². The minimum Gasteiger partial charge on any atom is -0.305 e. The van der Waals surface area contributed by atoms with E-state index in [0.717, 1.165) is 12.1 Å². The van der Waals surface area contributed by atoms with Crippen LogP contribution in [0.25, 0.3) is 5.69 Å². The number of benzene rings is 2. The Bertz CT molecular complexity index is 1090. The largest absolute Gasteiger partial charge is 0.305 e. The van der Waals surface area contributed by atoms with Crippen LogP contribution in [0.2, 0.25) is 5.02 Å². The van der Waals surface area contributed by atoms with Crippen LogP contribution in [-0.4, -0.2) is 22.9 Å². The van der Waals surface area contributed by atoms with E-state index in [4.69, 9.17) is 11.6 Å². The summed E-state index contributed by atoms with van der Waals surface area (Å²) in [5, 5.41) is 11.2. The number of nitro groups is 1. The molecule has 0 aliphatic carbocycles. The minimum absolute atomic E-state index is 0.0684. The number of anilines is 1. The first-order valence-electron chi connectivity index (χ1n) is 7.02. The fraction of sp³-hybridized carbons (Fsp3) is 0. The molecule has 0 spiro atoms. The number of hydrogen-bond acceptors (Lipinski definition) is 5. The first kappa shape index (κ1) is 18.4. The van der Waals surface area contributed by atoms with E-state index in [2.05, 4.69) is 25.6 Å². The van der Waals surface area contributed by atoms with E-state index in [1.807, 2.05) is 0 Å². The van der Waals surface area contributed by atoms with Crippen LogP contribution in [0.15, 0.2) is 64.5 Å². The first-order chi connectivity index (χ1) is 12.3. The van der Waals surface area contributed by atoms with Gasteiger partial charge in [0.05, 0.1) is 37.0 Å². The number of halogens is 2. The topological polar surface area (TPSA) is 107 Å². The van der Waals surface area contributed by atoms with E-state index >= 15 is 0 Å². The lowest BCUT2D eigenvalue weighted by Gasteiger charge is -2.11. The molecular weight excluding hydrogens is 448 g/mol. The monoisotopic (exact) mass is 456 g/mol. The smallest absolute Gasteiger partial charge is 0.283 e. The van der Waals surface area contributed by atoms with Crippen molar-refractivity contribution >= 4 is 48.9 Å². The molecular formula is C15H10BrClN4O4S. The SMILES string of the molecule is O=[N+]([O-])c1ccc(S(=O)(=O)Nc2ccc(-n3ccnc3)c(Cl)c2)cc1Br. The summed E-state index contributed by atoms with van der Waals surface area (Å²) in [6.45, 7) is 0. The predicted octanol–water partition coefficient (Wildman–Crippen LogP) is 4.00. The van der Waals surface area contributed by atoms with Crippen molar-refractivity contribution in [2.45, 2.75) is 4.90 Å². The summed E-state index contributed by atoms with van der Waals surface area (Å²) in [5.41, 5.74) is 0.676. The lowest BCUT2D eigenvalue weighted by atomic mass is 10.3. The summed E-state index contributed by atoms with van der Waals surface area (Å²) in [4.78, 5) is 14.0. The zero-order chi connectivity index (χ0) is 18.9. The molecule has 26 heavy (non-hydrogen) atoms. The Morgan fingerprint density at radius 1 is 1.23 bits per heavy atom. The standard InChI is InChI=1S/C15H10BrClN4O4S/c16-12-8-11(2-4-14(12)21(22)23)26(24,25)19-10-1-3-15(13(17)7-10)20-6-5-18-9-20/h1-9,19H. The molecule has 1 N–H and O–H groups in total. The van der Waals surface area contributed by atoms with Crippen molar-refractivity contribution in [2.24, 2.45) is 0 Å². The molecule has 0 saturated heterocycles. The maximum Gasteiger partial charge on any atom is 0.283 e. The third-order valence-corrected chi connectivity index (χ3v) is 5.73. The Morgan fingerprint density at radius 3 is 2.58 bits per heavy atom. The summed E-state index contributed by atoms with van der Waals surface area (Å²) >= 11 is 9.22. The van der Waals surface area contributed by atoms with Gasteiger partial charge in [-0.1, -0.05) is 11.6 Å². The van der Waals surface area contributed by atoms with Gasteiger partial charge in [-0.05, 0) is 46.3 Å². The van der Waals surface area contributed by atoms with E-state index < -0.39 is 14.9 Å². The highest BCUT2D eigenvalue weighted by atomic mass is 79.9. The molecule has 11 heteroatoms. The fourth-order valence-corrected chi connectivity index (χ4v) is 4.23. The Balaban J connectivity index is 1.89. The van der Waals surface area contributed by atoms with Gasteiger partial charge in [-0.2, -0.15) is 0 Å². The van der Waals surface area contributed by atoms with Gasteiger partial charge in [0.2, 0.25) is 0 Å². The molecule has 0 fully saturated rings. The number of hydrogen-bond donors (Lipinski definition) is 1. The molecule has 0 saturated carbocycles. The summed E-state index contributed by atoms with van der Waals surface area (Å²) in [5.74, 6) is 0. The minimum atomic E-state index is -3.94. The molecule has 0 aliphatic heterocycles. The summed E-state index contributed by atoms with van der Waals surface area (Å²) in [6.07, 6.45) is 4.87. The van der Waals surface area contributed by atoms with Gasteiger partial charge in [0.1, 0.15) is 0 Å². The second-order valence-electron chi connectivity index (χ2n) is 5.11. The van der Waals surface area contributed by atoms with Gasteiger partial charge >= 0.3 is 0 Å². The van der Waals surface area contributed by atoms with Gasteiger partial charge in [-0.3, -0.25) is 14.8 Å². The Kier molecular flexibility index (Phi) is 4.99. The average Bonchev–Trinajstić information content (AvgIpc) is 3.08. The van der Waals surface area contributed by atoms with Crippen LogP contribution in [0.4, 0.5) is 11.4 Å². The molecule has 0 amide bonds. The molecule has 134 valence electrons. The molecule has 0 bridgehead atoms. The van der Waals surface area contributed by atoms with Crippen molar-refractivity contribution in [1.82, 2.24) is 9.55 Å². The molecule has 3 rings (SSSR count). The van der Waals surface area contributed by atoms with Gasteiger partial charge in [-0.15, -0.1) is 0 Å². The van der Waals surface area contributed by atoms with Crippen LogP contribution < -0.4 is 4.72 Å². The first-order valence-corrected chi connectivity index (χ1v) is 9.68. The third-order valence-electron chi connectivity index (χ3n) is 3.41. The third kappa shape index (κ3) is 3.71.